The van der Waals surface area contributed by atoms with Crippen molar-refractivity contribution >= 4 is 12.1 Å². The fraction of sp³-hybridized carbons (Fsp3) is 0.263. The number of pyridine rings is 1. The fourth-order valence-corrected chi connectivity index (χ4v) is 2.46. The van der Waals surface area contributed by atoms with E-state index < -0.39 is 11.7 Å². The van der Waals surface area contributed by atoms with E-state index in [1.807, 2.05) is 18.2 Å². The highest BCUT2D eigenvalue weighted by Crippen LogP contribution is 2.23. The molecule has 0 bridgehead atoms. The highest BCUT2D eigenvalue weighted by Gasteiger charge is 2.21. The topological polar surface area (TPSA) is 91.0 Å². The number of hydrogen-bond acceptors (Lipinski definition) is 5. The maximum absolute atomic E-state index is 12.6. The summed E-state index contributed by atoms with van der Waals surface area (Å²) in [6.07, 6.45) is 9.03. The predicted octanol–water partition coefficient (Wildman–Crippen LogP) is 3.29. The molecule has 1 N–H and O–H groups in total. The Morgan fingerprint density at radius 2 is 1.85 bits per heavy atom. The van der Waals surface area contributed by atoms with Crippen molar-refractivity contribution in [1.82, 2.24) is 24.4 Å². The molecule has 3 rings (SSSR count). The number of hydrogen-bond donors (Lipinski definition) is 1. The molecular formula is C19H21N5O3. The van der Waals surface area contributed by atoms with Crippen LogP contribution in [0.15, 0.2) is 55.5 Å². The molecule has 0 spiro atoms. The molecule has 0 aliphatic rings. The average Bonchev–Trinajstić information content (AvgIpc) is 3.29. The minimum atomic E-state index is -0.629. The SMILES string of the molecule is CC(C)(C)OC(=O)n1cc(-c2ccncc2)cc1CNC(=O)n1ccnc1. The summed E-state index contributed by atoms with van der Waals surface area (Å²) < 4.78 is 8.21. The number of ether oxygens (including phenoxy) is 1. The van der Waals surface area contributed by atoms with Crippen molar-refractivity contribution in [3.05, 3.63) is 61.2 Å². The Balaban J connectivity index is 1.86. The van der Waals surface area contributed by atoms with E-state index in [9.17, 15) is 9.59 Å². The number of nitrogens with one attached hydrogen (secondary N) is 1. The zero-order valence-corrected chi connectivity index (χ0v) is 15.4. The third kappa shape index (κ3) is 4.60. The summed E-state index contributed by atoms with van der Waals surface area (Å²) in [5, 5.41) is 2.77. The van der Waals surface area contributed by atoms with Gasteiger partial charge in [0, 0.05) is 42.2 Å². The summed E-state index contributed by atoms with van der Waals surface area (Å²) >= 11 is 0. The lowest BCUT2D eigenvalue weighted by Gasteiger charge is -2.20. The lowest BCUT2D eigenvalue weighted by Crippen LogP contribution is -2.31. The summed E-state index contributed by atoms with van der Waals surface area (Å²) in [4.78, 5) is 32.6. The summed E-state index contributed by atoms with van der Waals surface area (Å²) in [6.45, 7) is 5.57. The number of aromatic nitrogens is 4. The van der Waals surface area contributed by atoms with E-state index in [0.29, 0.717) is 5.69 Å². The van der Waals surface area contributed by atoms with Crippen LogP contribution in [-0.4, -0.2) is 36.8 Å². The Kier molecular flexibility index (Phi) is 5.07. The van der Waals surface area contributed by atoms with Crippen LogP contribution in [0.5, 0.6) is 0 Å². The molecule has 3 aromatic rings. The van der Waals surface area contributed by atoms with Gasteiger partial charge in [0.25, 0.3) is 0 Å². The van der Waals surface area contributed by atoms with Crippen LogP contribution in [0, 0.1) is 0 Å². The third-order valence-electron chi connectivity index (χ3n) is 3.66. The van der Waals surface area contributed by atoms with Gasteiger partial charge in [-0.3, -0.25) is 14.1 Å². The first-order valence-electron chi connectivity index (χ1n) is 8.45. The molecule has 0 radical (unpaired) electrons. The Labute approximate surface area is 156 Å². The van der Waals surface area contributed by atoms with Gasteiger partial charge in [0.05, 0.1) is 6.54 Å². The maximum atomic E-state index is 12.6. The first-order valence-corrected chi connectivity index (χ1v) is 8.45. The van der Waals surface area contributed by atoms with Gasteiger partial charge in [0.1, 0.15) is 11.9 Å². The molecule has 0 aromatic carbocycles. The van der Waals surface area contributed by atoms with Crippen molar-refractivity contribution < 1.29 is 14.3 Å². The first-order chi connectivity index (χ1) is 12.8. The average molecular weight is 367 g/mol. The van der Waals surface area contributed by atoms with Crippen molar-refractivity contribution in [1.29, 1.82) is 0 Å². The van der Waals surface area contributed by atoms with E-state index in [4.69, 9.17) is 4.74 Å². The van der Waals surface area contributed by atoms with Crippen LogP contribution in [0.25, 0.3) is 11.1 Å². The van der Waals surface area contributed by atoms with Crippen molar-refractivity contribution in [2.75, 3.05) is 0 Å². The molecule has 27 heavy (non-hydrogen) atoms. The molecule has 0 fully saturated rings. The monoisotopic (exact) mass is 367 g/mol. The number of amides is 1. The number of rotatable bonds is 3. The molecule has 8 heteroatoms. The Hall–Kier alpha value is -3.42. The molecule has 0 saturated carbocycles. The van der Waals surface area contributed by atoms with Gasteiger partial charge >= 0.3 is 12.1 Å². The van der Waals surface area contributed by atoms with Gasteiger partial charge in [-0.25, -0.2) is 14.6 Å². The zero-order chi connectivity index (χ0) is 19.4. The van der Waals surface area contributed by atoms with E-state index in [0.717, 1.165) is 11.1 Å². The second kappa shape index (κ2) is 7.45. The van der Waals surface area contributed by atoms with Crippen LogP contribution < -0.4 is 5.32 Å². The molecular weight excluding hydrogens is 346 g/mol. The van der Waals surface area contributed by atoms with Crippen LogP contribution in [0.1, 0.15) is 26.5 Å². The minimum Gasteiger partial charge on any atom is -0.443 e. The van der Waals surface area contributed by atoms with Crippen molar-refractivity contribution in [2.45, 2.75) is 32.9 Å². The van der Waals surface area contributed by atoms with Gasteiger partial charge in [-0.15, -0.1) is 0 Å². The normalized spacial score (nSPS) is 11.2. The molecule has 8 nitrogen and oxygen atoms in total. The van der Waals surface area contributed by atoms with Crippen molar-refractivity contribution in [3.8, 4) is 11.1 Å². The molecule has 1 amide bonds. The molecule has 0 aliphatic carbocycles. The summed E-state index contributed by atoms with van der Waals surface area (Å²) in [6, 6.07) is 5.20. The minimum absolute atomic E-state index is 0.154. The molecule has 3 heterocycles. The molecule has 0 atom stereocenters. The van der Waals surface area contributed by atoms with Crippen LogP contribution in [0.4, 0.5) is 9.59 Å². The van der Waals surface area contributed by atoms with E-state index in [1.54, 1.807) is 45.6 Å². The Morgan fingerprint density at radius 1 is 1.11 bits per heavy atom. The van der Waals surface area contributed by atoms with E-state index in [1.165, 1.54) is 21.7 Å². The fourth-order valence-electron chi connectivity index (χ4n) is 2.46. The Bertz CT molecular complexity index is 924. The van der Waals surface area contributed by atoms with Crippen LogP contribution in [-0.2, 0) is 11.3 Å². The van der Waals surface area contributed by atoms with Gasteiger partial charge in [0.2, 0.25) is 0 Å². The quantitative estimate of drug-likeness (QED) is 0.767. The van der Waals surface area contributed by atoms with Crippen molar-refractivity contribution in [3.63, 3.8) is 0 Å². The van der Waals surface area contributed by atoms with Gasteiger partial charge < -0.3 is 10.1 Å². The molecule has 0 aliphatic heterocycles. The van der Waals surface area contributed by atoms with Crippen molar-refractivity contribution in [2.24, 2.45) is 0 Å². The summed E-state index contributed by atoms with van der Waals surface area (Å²) in [5.74, 6) is 0. The number of imidazole rings is 1. The first kappa shape index (κ1) is 18.4. The smallest absolute Gasteiger partial charge is 0.418 e. The number of carbonyl (C=O) groups is 2. The summed E-state index contributed by atoms with van der Waals surface area (Å²) in [5.41, 5.74) is 1.71. The highest BCUT2D eigenvalue weighted by molar-refractivity contribution is 5.78. The van der Waals surface area contributed by atoms with Gasteiger partial charge in [-0.1, -0.05) is 0 Å². The van der Waals surface area contributed by atoms with Crippen LogP contribution in [0.3, 0.4) is 0 Å². The highest BCUT2D eigenvalue weighted by atomic mass is 16.6. The van der Waals surface area contributed by atoms with E-state index >= 15 is 0 Å². The standard InChI is InChI=1S/C19H21N5O3/c1-19(2,3)27-18(26)24-12-15(14-4-6-20-7-5-14)10-16(24)11-22-17(25)23-9-8-21-13-23/h4-10,12-13H,11H2,1-3H3,(H,22,25). The van der Waals surface area contributed by atoms with Crippen LogP contribution in [0.2, 0.25) is 0 Å². The zero-order valence-electron chi connectivity index (χ0n) is 15.4. The van der Waals surface area contributed by atoms with Gasteiger partial charge in [-0.05, 0) is 44.5 Å². The molecule has 3 aromatic heterocycles. The van der Waals surface area contributed by atoms with E-state index in [-0.39, 0.29) is 12.6 Å². The number of nitrogens with zero attached hydrogens (tertiary/aromatic N) is 4. The van der Waals surface area contributed by atoms with E-state index in [2.05, 4.69) is 15.3 Å². The largest absolute Gasteiger partial charge is 0.443 e. The third-order valence-corrected chi connectivity index (χ3v) is 3.66. The molecule has 0 saturated heterocycles. The van der Waals surface area contributed by atoms with Gasteiger partial charge in [0.15, 0.2) is 0 Å². The molecule has 140 valence electrons. The molecule has 0 unspecified atom stereocenters. The maximum Gasteiger partial charge on any atom is 0.418 e. The van der Waals surface area contributed by atoms with Crippen LogP contribution >= 0.6 is 0 Å². The number of carbonyl (C=O) groups excluding carboxylic acids is 2. The lowest BCUT2D eigenvalue weighted by molar-refractivity contribution is 0.0532. The second-order valence-corrected chi connectivity index (χ2v) is 6.94. The lowest BCUT2D eigenvalue weighted by atomic mass is 10.1. The Morgan fingerprint density at radius 3 is 2.48 bits per heavy atom. The second-order valence-electron chi connectivity index (χ2n) is 6.94. The van der Waals surface area contributed by atoms with Gasteiger partial charge in [-0.2, -0.15) is 0 Å². The summed E-state index contributed by atoms with van der Waals surface area (Å²) in [7, 11) is 0. The predicted molar refractivity (Wildman–Crippen MR) is 99.2 cm³/mol.